The molecule has 0 spiro atoms. The third kappa shape index (κ3) is 4.30. The molecule has 0 aliphatic carbocycles. The number of carbonyl (C=O) groups excluding carboxylic acids is 1. The van der Waals surface area contributed by atoms with E-state index in [1.54, 1.807) is 36.9 Å². The molecule has 0 fully saturated rings. The van der Waals surface area contributed by atoms with Crippen LogP contribution in [-0.4, -0.2) is 32.6 Å². The Labute approximate surface area is 177 Å². The van der Waals surface area contributed by atoms with E-state index in [4.69, 9.17) is 9.26 Å². The zero-order valence-electron chi connectivity index (χ0n) is 18.3. The summed E-state index contributed by atoms with van der Waals surface area (Å²) in [6.45, 7) is 11.8. The van der Waals surface area contributed by atoms with Crippen LogP contribution in [0.1, 0.15) is 45.6 Å². The molecule has 1 aromatic carbocycles. The first-order chi connectivity index (χ1) is 13.9. The van der Waals surface area contributed by atoms with Gasteiger partial charge in [0.05, 0.1) is 16.8 Å². The quantitative estimate of drug-likeness (QED) is 0.739. The largest absolute Gasteiger partial charge is 0.490 e. The van der Waals surface area contributed by atoms with Crippen molar-refractivity contribution in [3.8, 4) is 5.75 Å². The number of hydrogen-bond acceptors (Lipinski definition) is 6. The number of ether oxygens (including phenoxy) is 1. The number of nitrogens with zero attached hydrogens (tertiary/aromatic N) is 2. The number of hydrogen-bond donors (Lipinski definition) is 1. The Hall–Kier alpha value is -2.55. The van der Waals surface area contributed by atoms with Crippen molar-refractivity contribution in [2.45, 2.75) is 52.9 Å². The van der Waals surface area contributed by atoms with Gasteiger partial charge in [-0.25, -0.2) is 8.42 Å². The second-order valence-electron chi connectivity index (χ2n) is 8.75. The van der Waals surface area contributed by atoms with Gasteiger partial charge in [-0.05, 0) is 58.2 Å². The maximum absolute atomic E-state index is 13.2. The molecule has 2 aromatic rings. The van der Waals surface area contributed by atoms with Crippen LogP contribution in [0.5, 0.6) is 5.75 Å². The van der Waals surface area contributed by atoms with Crippen molar-refractivity contribution in [1.82, 2.24) is 5.16 Å². The molecule has 9 heteroatoms. The number of amides is 1. The smallest absolute Gasteiger partial charge is 0.267 e. The van der Waals surface area contributed by atoms with Gasteiger partial charge in [0, 0.05) is 6.54 Å². The molecule has 1 N–H and O–H groups in total. The van der Waals surface area contributed by atoms with Crippen LogP contribution < -0.4 is 14.4 Å². The fraction of sp³-hybridized carbons (Fsp3) is 0.524. The Morgan fingerprint density at radius 3 is 2.57 bits per heavy atom. The molecule has 3 rings (SSSR count). The van der Waals surface area contributed by atoms with E-state index in [0.29, 0.717) is 29.6 Å². The molecule has 1 aliphatic heterocycles. The van der Waals surface area contributed by atoms with Crippen molar-refractivity contribution in [1.29, 1.82) is 0 Å². The van der Waals surface area contributed by atoms with E-state index >= 15 is 0 Å². The summed E-state index contributed by atoms with van der Waals surface area (Å²) in [5.41, 5.74) is 0.491. The van der Waals surface area contributed by atoms with Gasteiger partial charge in [0.2, 0.25) is 5.91 Å². The molecule has 0 saturated heterocycles. The van der Waals surface area contributed by atoms with E-state index in [2.05, 4.69) is 23.7 Å². The summed E-state index contributed by atoms with van der Waals surface area (Å²) in [6, 6.07) is 4.96. The molecule has 1 amide bonds. The molecule has 0 atom stereocenters. The number of nitrogens with one attached hydrogen (secondary N) is 1. The number of anilines is 2. The number of carbonyl (C=O) groups is 1. The van der Waals surface area contributed by atoms with Crippen molar-refractivity contribution in [2.75, 3.05) is 22.8 Å². The summed E-state index contributed by atoms with van der Waals surface area (Å²) in [7, 11) is -3.90. The number of benzene rings is 1. The highest BCUT2D eigenvalue weighted by atomic mass is 32.2. The lowest BCUT2D eigenvalue weighted by atomic mass is 9.92. The lowest BCUT2D eigenvalue weighted by molar-refractivity contribution is -0.127. The number of aromatic nitrogens is 1. The average Bonchev–Trinajstić information content (AvgIpc) is 2.95. The van der Waals surface area contributed by atoms with Crippen molar-refractivity contribution >= 4 is 27.3 Å². The fourth-order valence-electron chi connectivity index (χ4n) is 3.38. The number of sulfonamides is 1. The molecule has 0 radical (unpaired) electrons. The molecule has 8 nitrogen and oxygen atoms in total. The summed E-state index contributed by atoms with van der Waals surface area (Å²) in [6.07, 6.45) is 0.816. The topological polar surface area (TPSA) is 102 Å². The van der Waals surface area contributed by atoms with Gasteiger partial charge in [-0.2, -0.15) is 0 Å². The van der Waals surface area contributed by atoms with E-state index in [-0.39, 0.29) is 28.9 Å². The molecular formula is C21H29N3O5S. The highest BCUT2D eigenvalue weighted by Crippen LogP contribution is 2.39. The van der Waals surface area contributed by atoms with Crippen LogP contribution >= 0.6 is 0 Å². The monoisotopic (exact) mass is 435 g/mol. The van der Waals surface area contributed by atoms with Gasteiger partial charge in [-0.1, -0.05) is 19.0 Å². The second-order valence-corrected chi connectivity index (χ2v) is 10.4. The third-order valence-corrected chi connectivity index (χ3v) is 6.71. The van der Waals surface area contributed by atoms with E-state index < -0.39 is 15.4 Å². The minimum absolute atomic E-state index is 0.0163. The number of fused-ring (bicyclic) bond motifs is 1. The van der Waals surface area contributed by atoms with E-state index in [0.717, 1.165) is 6.42 Å². The van der Waals surface area contributed by atoms with Gasteiger partial charge in [0.15, 0.2) is 10.7 Å². The van der Waals surface area contributed by atoms with Crippen molar-refractivity contribution in [3.63, 3.8) is 0 Å². The van der Waals surface area contributed by atoms with Crippen molar-refractivity contribution in [3.05, 3.63) is 29.7 Å². The maximum atomic E-state index is 13.2. The van der Waals surface area contributed by atoms with Crippen LogP contribution in [0, 0.1) is 25.2 Å². The van der Waals surface area contributed by atoms with Gasteiger partial charge >= 0.3 is 0 Å². The second kappa shape index (κ2) is 7.94. The Bertz CT molecular complexity index is 1040. The molecule has 1 aromatic heterocycles. The first-order valence-electron chi connectivity index (χ1n) is 9.97. The maximum Gasteiger partial charge on any atom is 0.267 e. The zero-order chi connectivity index (χ0) is 22.3. The Kier molecular flexibility index (Phi) is 5.86. The Balaban J connectivity index is 2.00. The van der Waals surface area contributed by atoms with Crippen LogP contribution in [0.3, 0.4) is 0 Å². The predicted molar refractivity (Wildman–Crippen MR) is 114 cm³/mol. The molecule has 30 heavy (non-hydrogen) atoms. The van der Waals surface area contributed by atoms with Gasteiger partial charge in [-0.3, -0.25) is 9.52 Å². The molecule has 0 bridgehead atoms. The van der Waals surface area contributed by atoms with E-state index in [1.807, 2.05) is 13.8 Å². The minimum Gasteiger partial charge on any atom is -0.490 e. The van der Waals surface area contributed by atoms with Crippen LogP contribution in [0.4, 0.5) is 11.4 Å². The first-order valence-corrected chi connectivity index (χ1v) is 11.4. The first kappa shape index (κ1) is 22.1. The summed E-state index contributed by atoms with van der Waals surface area (Å²) in [5, 5.41) is 3.72. The molecule has 0 unspecified atom stereocenters. The minimum atomic E-state index is -3.90. The third-order valence-electron chi connectivity index (χ3n) is 5.08. The van der Waals surface area contributed by atoms with Crippen molar-refractivity contribution < 1.29 is 22.5 Å². The van der Waals surface area contributed by atoms with E-state index in [1.165, 1.54) is 0 Å². The van der Waals surface area contributed by atoms with Crippen LogP contribution in [0.25, 0.3) is 0 Å². The predicted octanol–water partition coefficient (Wildman–Crippen LogP) is 3.89. The van der Waals surface area contributed by atoms with Gasteiger partial charge in [-0.15, -0.1) is 0 Å². The summed E-state index contributed by atoms with van der Waals surface area (Å²) >= 11 is 0. The van der Waals surface area contributed by atoms with Gasteiger partial charge in [0.25, 0.3) is 10.0 Å². The molecule has 1 aliphatic rings. The average molecular weight is 436 g/mol. The lowest BCUT2D eigenvalue weighted by Crippen LogP contribution is -2.42. The molecule has 2 heterocycles. The van der Waals surface area contributed by atoms with Crippen LogP contribution in [-0.2, 0) is 14.8 Å². The number of rotatable bonds is 6. The lowest BCUT2D eigenvalue weighted by Gasteiger charge is -2.28. The summed E-state index contributed by atoms with van der Waals surface area (Å²) < 4.78 is 39.2. The summed E-state index contributed by atoms with van der Waals surface area (Å²) in [4.78, 5) is 14.9. The van der Waals surface area contributed by atoms with Crippen molar-refractivity contribution in [2.24, 2.45) is 11.3 Å². The summed E-state index contributed by atoms with van der Waals surface area (Å²) in [5.74, 6) is 1.13. The van der Waals surface area contributed by atoms with Gasteiger partial charge < -0.3 is 14.2 Å². The number of aryl methyl sites for hydroxylation is 2. The molecule has 164 valence electrons. The fourth-order valence-corrected chi connectivity index (χ4v) is 4.76. The highest BCUT2D eigenvalue weighted by molar-refractivity contribution is 7.92. The molecule has 0 saturated carbocycles. The Morgan fingerprint density at radius 1 is 1.27 bits per heavy atom. The Morgan fingerprint density at radius 2 is 1.97 bits per heavy atom. The van der Waals surface area contributed by atoms with Gasteiger partial charge in [0.1, 0.15) is 18.1 Å². The van der Waals surface area contributed by atoms with Crippen LogP contribution in [0.15, 0.2) is 27.6 Å². The van der Waals surface area contributed by atoms with E-state index in [9.17, 15) is 13.2 Å². The SMILES string of the molecule is Cc1noc(C)c1S(=O)(=O)Nc1ccc2c(c1)N(CCC(C)C)C(=O)C(C)(C)CO2. The van der Waals surface area contributed by atoms with Crippen LogP contribution in [0.2, 0.25) is 0 Å². The highest BCUT2D eigenvalue weighted by Gasteiger charge is 2.38. The molecular weight excluding hydrogens is 406 g/mol. The zero-order valence-corrected chi connectivity index (χ0v) is 19.1. The normalized spacial score (nSPS) is 16.2. The standard InChI is InChI=1S/C21H29N3O5S/c1-13(2)9-10-24-17-11-16(7-8-18(17)28-12-21(5,6)20(24)25)23-30(26,27)19-14(3)22-29-15(19)4/h7-8,11,13,23H,9-10,12H2,1-6H3.